The predicted molar refractivity (Wildman–Crippen MR) is 85.5 cm³/mol. The van der Waals surface area contributed by atoms with Crippen molar-refractivity contribution in [2.45, 2.75) is 51.2 Å². The van der Waals surface area contributed by atoms with Gasteiger partial charge in [-0.3, -0.25) is 9.69 Å². The van der Waals surface area contributed by atoms with Crippen LogP contribution < -0.4 is 10.9 Å². The SMILES string of the molecule is CCC1(C)CNC(C2CC2)CN1CCn1ccccc1=O. The number of hydrogen-bond donors (Lipinski definition) is 1. The van der Waals surface area contributed by atoms with E-state index in [9.17, 15) is 4.79 Å². The molecular weight excluding hydrogens is 262 g/mol. The first-order chi connectivity index (χ1) is 10.1. The van der Waals surface area contributed by atoms with E-state index in [1.54, 1.807) is 6.07 Å². The van der Waals surface area contributed by atoms with Crippen LogP contribution in [0.5, 0.6) is 0 Å². The first-order valence-electron chi connectivity index (χ1n) is 8.26. The third kappa shape index (κ3) is 3.22. The number of pyridine rings is 1. The Morgan fingerprint density at radius 1 is 1.33 bits per heavy atom. The lowest BCUT2D eigenvalue weighted by Gasteiger charge is -2.48. The first-order valence-corrected chi connectivity index (χ1v) is 8.26. The van der Waals surface area contributed by atoms with Crippen LogP contribution in [0.4, 0.5) is 0 Å². The Hall–Kier alpha value is -1.13. The minimum Gasteiger partial charge on any atom is -0.314 e. The first kappa shape index (κ1) is 14.8. The Bertz CT molecular complexity index is 537. The Morgan fingerprint density at radius 3 is 2.81 bits per heavy atom. The molecule has 0 spiro atoms. The largest absolute Gasteiger partial charge is 0.314 e. The molecule has 1 N–H and O–H groups in total. The molecule has 116 valence electrons. The molecule has 1 aromatic heterocycles. The minimum atomic E-state index is 0.101. The lowest BCUT2D eigenvalue weighted by Crippen LogP contribution is -2.64. The summed E-state index contributed by atoms with van der Waals surface area (Å²) in [6.07, 6.45) is 5.80. The molecule has 2 heterocycles. The van der Waals surface area contributed by atoms with Crippen molar-refractivity contribution in [2.75, 3.05) is 19.6 Å². The molecule has 2 fully saturated rings. The highest BCUT2D eigenvalue weighted by Gasteiger charge is 2.41. The number of hydrogen-bond acceptors (Lipinski definition) is 3. The smallest absolute Gasteiger partial charge is 0.250 e. The van der Waals surface area contributed by atoms with Crippen LogP contribution in [0.3, 0.4) is 0 Å². The van der Waals surface area contributed by atoms with Crippen molar-refractivity contribution in [1.82, 2.24) is 14.8 Å². The Balaban J connectivity index is 1.67. The molecule has 0 aromatic carbocycles. The van der Waals surface area contributed by atoms with Crippen LogP contribution >= 0.6 is 0 Å². The number of nitrogens with one attached hydrogen (secondary N) is 1. The van der Waals surface area contributed by atoms with Crippen LogP contribution in [0.2, 0.25) is 0 Å². The topological polar surface area (TPSA) is 37.3 Å². The Kier molecular flexibility index (Phi) is 4.18. The van der Waals surface area contributed by atoms with Crippen LogP contribution in [0.15, 0.2) is 29.2 Å². The summed E-state index contributed by atoms with van der Waals surface area (Å²) in [6.45, 7) is 8.54. The molecular formula is C17H27N3O. The van der Waals surface area contributed by atoms with Gasteiger partial charge in [0, 0.05) is 50.0 Å². The molecule has 2 unspecified atom stereocenters. The van der Waals surface area contributed by atoms with Crippen LogP contribution in [0.1, 0.15) is 33.1 Å². The molecule has 3 rings (SSSR count). The summed E-state index contributed by atoms with van der Waals surface area (Å²) >= 11 is 0. The molecule has 2 atom stereocenters. The molecule has 1 aliphatic carbocycles. The molecule has 1 saturated heterocycles. The molecule has 1 aliphatic heterocycles. The molecule has 0 amide bonds. The minimum absolute atomic E-state index is 0.101. The van der Waals surface area contributed by atoms with E-state index in [0.29, 0.717) is 6.04 Å². The van der Waals surface area contributed by atoms with Gasteiger partial charge < -0.3 is 9.88 Å². The van der Waals surface area contributed by atoms with Crippen molar-refractivity contribution >= 4 is 0 Å². The van der Waals surface area contributed by atoms with Crippen LogP contribution in [-0.4, -0.2) is 40.7 Å². The average Bonchev–Trinajstić information content (AvgIpc) is 3.32. The fraction of sp³-hybridized carbons (Fsp3) is 0.706. The van der Waals surface area contributed by atoms with Crippen molar-refractivity contribution < 1.29 is 0 Å². The van der Waals surface area contributed by atoms with Crippen molar-refractivity contribution in [2.24, 2.45) is 5.92 Å². The second-order valence-electron chi connectivity index (χ2n) is 6.85. The second-order valence-corrected chi connectivity index (χ2v) is 6.85. The summed E-state index contributed by atoms with van der Waals surface area (Å²) in [6, 6.07) is 6.04. The normalized spacial score (nSPS) is 30.5. The van der Waals surface area contributed by atoms with E-state index in [0.717, 1.165) is 38.5 Å². The number of aromatic nitrogens is 1. The highest BCUT2D eigenvalue weighted by Crippen LogP contribution is 2.36. The summed E-state index contributed by atoms with van der Waals surface area (Å²) in [5.41, 5.74) is 0.314. The quantitative estimate of drug-likeness (QED) is 0.896. The van der Waals surface area contributed by atoms with Gasteiger partial charge in [-0.25, -0.2) is 0 Å². The van der Waals surface area contributed by atoms with Gasteiger partial charge in [0.15, 0.2) is 0 Å². The van der Waals surface area contributed by atoms with Gasteiger partial charge in [-0.05, 0) is 38.2 Å². The molecule has 0 radical (unpaired) electrons. The second kappa shape index (κ2) is 5.93. The predicted octanol–water partition coefficient (Wildman–Crippen LogP) is 1.70. The van der Waals surface area contributed by atoms with Gasteiger partial charge >= 0.3 is 0 Å². The van der Waals surface area contributed by atoms with Gasteiger partial charge in [-0.15, -0.1) is 0 Å². The van der Waals surface area contributed by atoms with E-state index in [1.165, 1.54) is 12.8 Å². The van der Waals surface area contributed by atoms with Gasteiger partial charge in [0.25, 0.3) is 5.56 Å². The molecule has 0 bridgehead atoms. The summed E-state index contributed by atoms with van der Waals surface area (Å²) in [4.78, 5) is 14.4. The summed E-state index contributed by atoms with van der Waals surface area (Å²) in [5, 5.41) is 3.75. The zero-order chi connectivity index (χ0) is 14.9. The van der Waals surface area contributed by atoms with Crippen molar-refractivity contribution in [3.8, 4) is 0 Å². The van der Waals surface area contributed by atoms with E-state index < -0.39 is 0 Å². The highest BCUT2D eigenvalue weighted by molar-refractivity contribution is 5.00. The Labute approximate surface area is 127 Å². The molecule has 2 aliphatic rings. The third-order valence-corrected chi connectivity index (χ3v) is 5.39. The monoisotopic (exact) mass is 289 g/mol. The van der Waals surface area contributed by atoms with E-state index in [-0.39, 0.29) is 11.1 Å². The van der Waals surface area contributed by atoms with Gasteiger partial charge in [0.2, 0.25) is 0 Å². The maximum absolute atomic E-state index is 11.8. The molecule has 4 nitrogen and oxygen atoms in total. The van der Waals surface area contributed by atoms with Crippen molar-refractivity contribution in [3.05, 3.63) is 34.7 Å². The summed E-state index contributed by atoms with van der Waals surface area (Å²) < 4.78 is 1.82. The van der Waals surface area contributed by atoms with Crippen molar-refractivity contribution in [3.63, 3.8) is 0 Å². The van der Waals surface area contributed by atoms with E-state index in [1.807, 2.05) is 22.9 Å². The maximum atomic E-state index is 11.8. The lowest BCUT2D eigenvalue weighted by atomic mass is 9.91. The fourth-order valence-electron chi connectivity index (χ4n) is 3.38. The van der Waals surface area contributed by atoms with Crippen molar-refractivity contribution in [1.29, 1.82) is 0 Å². The zero-order valence-electron chi connectivity index (χ0n) is 13.2. The van der Waals surface area contributed by atoms with Gasteiger partial charge in [-0.1, -0.05) is 13.0 Å². The molecule has 1 saturated carbocycles. The summed E-state index contributed by atoms with van der Waals surface area (Å²) in [7, 11) is 0. The maximum Gasteiger partial charge on any atom is 0.250 e. The summed E-state index contributed by atoms with van der Waals surface area (Å²) in [5.74, 6) is 0.883. The standard InChI is InChI=1S/C17H27N3O/c1-3-17(2)13-18-15(14-7-8-14)12-20(17)11-10-19-9-5-4-6-16(19)21/h4-6,9,14-15,18H,3,7-8,10-13H2,1-2H3. The van der Waals surface area contributed by atoms with E-state index in [4.69, 9.17) is 0 Å². The molecule has 1 aromatic rings. The molecule has 4 heteroatoms. The highest BCUT2D eigenvalue weighted by atomic mass is 16.1. The van der Waals surface area contributed by atoms with E-state index in [2.05, 4.69) is 24.1 Å². The van der Waals surface area contributed by atoms with Crippen LogP contribution in [0, 0.1) is 5.92 Å². The fourth-order valence-corrected chi connectivity index (χ4v) is 3.38. The number of nitrogens with zero attached hydrogens (tertiary/aromatic N) is 2. The third-order valence-electron chi connectivity index (χ3n) is 5.39. The van der Waals surface area contributed by atoms with Crippen LogP contribution in [0.25, 0.3) is 0 Å². The van der Waals surface area contributed by atoms with Gasteiger partial charge in [0.1, 0.15) is 0 Å². The molecule has 21 heavy (non-hydrogen) atoms. The number of rotatable bonds is 5. The lowest BCUT2D eigenvalue weighted by molar-refractivity contribution is 0.0409. The Morgan fingerprint density at radius 2 is 2.14 bits per heavy atom. The zero-order valence-corrected chi connectivity index (χ0v) is 13.2. The van der Waals surface area contributed by atoms with Crippen LogP contribution in [-0.2, 0) is 6.54 Å². The van der Waals surface area contributed by atoms with E-state index >= 15 is 0 Å². The average molecular weight is 289 g/mol. The number of piperazine rings is 1. The van der Waals surface area contributed by atoms with Gasteiger partial charge in [-0.2, -0.15) is 0 Å². The van der Waals surface area contributed by atoms with Gasteiger partial charge in [0.05, 0.1) is 0 Å².